The van der Waals surface area contributed by atoms with Gasteiger partial charge < -0.3 is 0 Å². The van der Waals surface area contributed by atoms with Crippen LogP contribution in [0.2, 0.25) is 0 Å². The molecule has 2 aromatic rings. The largest absolute Gasteiger partial charge is 0.287 e. The van der Waals surface area contributed by atoms with E-state index in [1.54, 1.807) is 12.1 Å². The van der Waals surface area contributed by atoms with Crippen molar-refractivity contribution in [2.24, 2.45) is 0 Å². The Morgan fingerprint density at radius 1 is 0.923 bits per heavy atom. The molecule has 0 aliphatic carbocycles. The lowest BCUT2D eigenvalue weighted by Gasteiger charge is -2.21. The molecule has 0 fully saturated rings. The molecule has 0 amide bonds. The Balaban J connectivity index is 2.42. The van der Waals surface area contributed by atoms with Crippen LogP contribution in [-0.4, -0.2) is 13.5 Å². The third kappa shape index (κ3) is 4.89. The van der Waals surface area contributed by atoms with E-state index in [1.807, 2.05) is 45.9 Å². The summed E-state index contributed by atoms with van der Waals surface area (Å²) >= 11 is 1.08. The minimum atomic E-state index is -3.71. The van der Waals surface area contributed by atoms with Crippen molar-refractivity contribution in [2.75, 3.05) is 4.72 Å². The van der Waals surface area contributed by atoms with E-state index in [9.17, 15) is 13.2 Å². The van der Waals surface area contributed by atoms with Gasteiger partial charge in [-0.05, 0) is 47.2 Å². The number of anilines is 1. The second-order valence-corrected chi connectivity index (χ2v) is 9.72. The van der Waals surface area contributed by atoms with Crippen LogP contribution in [0.3, 0.4) is 0 Å². The Kier molecular flexibility index (Phi) is 6.53. The third-order valence-electron chi connectivity index (χ3n) is 4.00. The zero-order valence-electron chi connectivity index (χ0n) is 15.7. The van der Waals surface area contributed by atoms with Gasteiger partial charge in [-0.3, -0.25) is 9.52 Å². The second-order valence-electron chi connectivity index (χ2n) is 6.79. The molecule has 140 valence electrons. The quantitative estimate of drug-likeness (QED) is 0.672. The van der Waals surface area contributed by atoms with Crippen molar-refractivity contribution in [1.29, 1.82) is 0 Å². The van der Waals surface area contributed by atoms with Crippen molar-refractivity contribution in [2.45, 2.75) is 56.2 Å². The zero-order chi connectivity index (χ0) is 19.5. The number of hydrogen-bond donors (Lipinski definition) is 1. The molecule has 0 unspecified atom stereocenters. The fourth-order valence-electron chi connectivity index (χ4n) is 2.71. The lowest BCUT2D eigenvalue weighted by molar-refractivity contribution is -0.109. The number of rotatable bonds is 6. The molecule has 1 N–H and O–H groups in total. The summed E-state index contributed by atoms with van der Waals surface area (Å²) in [4.78, 5) is 12.1. The van der Waals surface area contributed by atoms with Crippen molar-refractivity contribution >= 4 is 32.6 Å². The minimum absolute atomic E-state index is 0.0360. The van der Waals surface area contributed by atoms with Crippen LogP contribution < -0.4 is 4.72 Å². The van der Waals surface area contributed by atoms with Gasteiger partial charge in [0.25, 0.3) is 10.0 Å². The maximum atomic E-state index is 12.9. The molecule has 6 heteroatoms. The molecular weight excluding hydrogens is 366 g/mol. The first-order valence-corrected chi connectivity index (χ1v) is 10.9. The number of thioether (sulfide) groups is 1. The van der Waals surface area contributed by atoms with Crippen LogP contribution in [-0.2, 0) is 14.8 Å². The second kappa shape index (κ2) is 8.27. The van der Waals surface area contributed by atoms with Crippen LogP contribution in [0, 0.1) is 0 Å². The molecule has 2 aromatic carbocycles. The number of carbonyl (C=O) groups is 1. The van der Waals surface area contributed by atoms with Gasteiger partial charge in [-0.2, -0.15) is 0 Å². The van der Waals surface area contributed by atoms with Crippen LogP contribution in [0.25, 0.3) is 0 Å². The molecule has 0 saturated heterocycles. The number of carbonyl (C=O) groups excluding carboxylic acids is 1. The van der Waals surface area contributed by atoms with Crippen LogP contribution in [0.4, 0.5) is 5.69 Å². The highest BCUT2D eigenvalue weighted by molar-refractivity contribution is 8.13. The van der Waals surface area contributed by atoms with Crippen molar-refractivity contribution in [3.63, 3.8) is 0 Å². The maximum absolute atomic E-state index is 12.9. The molecule has 0 aromatic heterocycles. The molecule has 0 bridgehead atoms. The summed E-state index contributed by atoms with van der Waals surface area (Å²) in [7, 11) is -3.71. The summed E-state index contributed by atoms with van der Waals surface area (Å²) in [6.45, 7) is 9.67. The summed E-state index contributed by atoms with van der Waals surface area (Å²) in [5.74, 6) is 0.390. The minimum Gasteiger partial charge on any atom is -0.287 e. The smallest absolute Gasteiger partial charge is 0.261 e. The van der Waals surface area contributed by atoms with Gasteiger partial charge in [-0.25, -0.2) is 8.42 Å². The van der Waals surface area contributed by atoms with Crippen molar-refractivity contribution in [3.8, 4) is 0 Å². The summed E-state index contributed by atoms with van der Waals surface area (Å²) in [6.07, 6.45) is 0. The average molecular weight is 392 g/mol. The lowest BCUT2D eigenvalue weighted by Crippen LogP contribution is -2.16. The van der Waals surface area contributed by atoms with Crippen LogP contribution in [0.1, 0.15) is 57.6 Å². The first kappa shape index (κ1) is 20.5. The Morgan fingerprint density at radius 3 is 1.85 bits per heavy atom. The first-order valence-electron chi connectivity index (χ1n) is 8.56. The molecule has 26 heavy (non-hydrogen) atoms. The fraction of sp³-hybridized carbons (Fsp3) is 0.350. The van der Waals surface area contributed by atoms with E-state index in [0.717, 1.165) is 27.8 Å². The van der Waals surface area contributed by atoms with E-state index in [2.05, 4.69) is 4.72 Å². The Hall–Kier alpha value is -1.79. The number of para-hydroxylation sites is 1. The van der Waals surface area contributed by atoms with Crippen molar-refractivity contribution in [3.05, 3.63) is 53.6 Å². The van der Waals surface area contributed by atoms with E-state index in [0.29, 0.717) is 5.69 Å². The SMILES string of the molecule is CC(=O)Sc1ccc(S(=O)(=O)Nc2c(C(C)C)cccc2C(C)C)cc1. The Labute approximate surface area is 160 Å². The van der Waals surface area contributed by atoms with Gasteiger partial charge in [0.15, 0.2) is 5.12 Å². The molecule has 0 spiro atoms. The van der Waals surface area contributed by atoms with Gasteiger partial charge in [0.2, 0.25) is 0 Å². The van der Waals surface area contributed by atoms with Crippen LogP contribution >= 0.6 is 11.8 Å². The normalized spacial score (nSPS) is 11.8. The van der Waals surface area contributed by atoms with Gasteiger partial charge in [0.1, 0.15) is 0 Å². The number of sulfonamides is 1. The highest BCUT2D eigenvalue weighted by Crippen LogP contribution is 2.34. The van der Waals surface area contributed by atoms with E-state index >= 15 is 0 Å². The van der Waals surface area contributed by atoms with Gasteiger partial charge in [-0.1, -0.05) is 57.7 Å². The monoisotopic (exact) mass is 391 g/mol. The molecule has 4 nitrogen and oxygen atoms in total. The van der Waals surface area contributed by atoms with Crippen molar-refractivity contribution in [1.82, 2.24) is 0 Å². The van der Waals surface area contributed by atoms with Gasteiger partial charge in [0, 0.05) is 11.8 Å². The zero-order valence-corrected chi connectivity index (χ0v) is 17.4. The van der Waals surface area contributed by atoms with Crippen molar-refractivity contribution < 1.29 is 13.2 Å². The fourth-order valence-corrected chi connectivity index (χ4v) is 4.44. The molecule has 0 aliphatic heterocycles. The number of benzene rings is 2. The number of hydrogen-bond acceptors (Lipinski definition) is 4. The Morgan fingerprint density at radius 2 is 1.42 bits per heavy atom. The molecular formula is C20H25NO3S2. The van der Waals surface area contributed by atoms with Crippen LogP contribution in [0.5, 0.6) is 0 Å². The number of nitrogens with one attached hydrogen (secondary N) is 1. The van der Waals surface area contributed by atoms with E-state index in [4.69, 9.17) is 0 Å². The lowest BCUT2D eigenvalue weighted by atomic mass is 9.93. The first-order chi connectivity index (χ1) is 12.1. The summed E-state index contributed by atoms with van der Waals surface area (Å²) < 4.78 is 28.6. The maximum Gasteiger partial charge on any atom is 0.261 e. The topological polar surface area (TPSA) is 63.2 Å². The standard InChI is InChI=1S/C20H25NO3S2/c1-13(2)18-7-6-8-19(14(3)4)20(18)21-26(23,24)17-11-9-16(10-12-17)25-15(5)22/h6-14,21H,1-5H3. The molecule has 0 heterocycles. The van der Waals surface area contributed by atoms with Crippen LogP contribution in [0.15, 0.2) is 52.3 Å². The van der Waals surface area contributed by atoms with Gasteiger partial charge in [-0.15, -0.1) is 0 Å². The van der Waals surface area contributed by atoms with E-state index in [-0.39, 0.29) is 21.8 Å². The molecule has 0 saturated carbocycles. The van der Waals surface area contributed by atoms with Gasteiger partial charge >= 0.3 is 0 Å². The molecule has 0 radical (unpaired) electrons. The highest BCUT2D eigenvalue weighted by Gasteiger charge is 2.20. The molecule has 0 atom stereocenters. The molecule has 2 rings (SSSR count). The summed E-state index contributed by atoms with van der Waals surface area (Å²) in [5.41, 5.74) is 2.62. The average Bonchev–Trinajstić information content (AvgIpc) is 2.54. The predicted octanol–water partition coefficient (Wildman–Crippen LogP) is 5.37. The van der Waals surface area contributed by atoms with E-state index in [1.165, 1.54) is 19.1 Å². The summed E-state index contributed by atoms with van der Waals surface area (Å²) in [6, 6.07) is 12.2. The Bertz CT molecular complexity index is 860. The highest BCUT2D eigenvalue weighted by atomic mass is 32.2. The molecule has 0 aliphatic rings. The van der Waals surface area contributed by atoms with Gasteiger partial charge in [0.05, 0.1) is 10.6 Å². The third-order valence-corrected chi connectivity index (χ3v) is 6.17. The predicted molar refractivity (Wildman–Crippen MR) is 108 cm³/mol. The van der Waals surface area contributed by atoms with E-state index < -0.39 is 10.0 Å². The summed E-state index contributed by atoms with van der Waals surface area (Å²) in [5, 5.41) is -0.0360.